The maximum absolute atomic E-state index is 12.2. The van der Waals surface area contributed by atoms with E-state index in [1.807, 2.05) is 0 Å². The predicted molar refractivity (Wildman–Crippen MR) is 83.7 cm³/mol. The van der Waals surface area contributed by atoms with Crippen LogP contribution in [-0.4, -0.2) is 14.2 Å². The zero-order valence-electron chi connectivity index (χ0n) is 10.9. The van der Waals surface area contributed by atoms with Crippen LogP contribution in [0.2, 0.25) is 10.0 Å². The number of hydrogen-bond donors (Lipinski definition) is 1. The van der Waals surface area contributed by atoms with Crippen molar-refractivity contribution in [2.45, 2.75) is 11.8 Å². The van der Waals surface area contributed by atoms with E-state index < -0.39 is 10.0 Å². The van der Waals surface area contributed by atoms with Crippen molar-refractivity contribution >= 4 is 44.7 Å². The molecule has 2 aromatic rings. The van der Waals surface area contributed by atoms with Gasteiger partial charge in [-0.05, 0) is 43.3 Å². The Hall–Kier alpha value is -1.56. The van der Waals surface area contributed by atoms with Gasteiger partial charge in [-0.1, -0.05) is 29.3 Å². The SMILES string of the molecule is CC(=O)c1ccc(NS(=O)(=O)c2cccc(Cl)c2)cc1Cl. The molecule has 0 atom stereocenters. The van der Waals surface area contributed by atoms with E-state index in [9.17, 15) is 13.2 Å². The van der Waals surface area contributed by atoms with Crippen molar-refractivity contribution in [3.05, 3.63) is 58.1 Å². The van der Waals surface area contributed by atoms with Crippen molar-refractivity contribution < 1.29 is 13.2 Å². The predicted octanol–water partition coefficient (Wildman–Crippen LogP) is 4.00. The van der Waals surface area contributed by atoms with Crippen molar-refractivity contribution in [1.82, 2.24) is 0 Å². The molecule has 0 bridgehead atoms. The number of carbonyl (C=O) groups is 1. The molecule has 0 aromatic heterocycles. The first-order chi connectivity index (χ1) is 9.79. The summed E-state index contributed by atoms with van der Waals surface area (Å²) in [4.78, 5) is 11.3. The van der Waals surface area contributed by atoms with Crippen molar-refractivity contribution in [3.63, 3.8) is 0 Å². The van der Waals surface area contributed by atoms with Crippen molar-refractivity contribution in [2.75, 3.05) is 4.72 Å². The lowest BCUT2D eigenvalue weighted by Crippen LogP contribution is -2.13. The van der Waals surface area contributed by atoms with E-state index in [2.05, 4.69) is 4.72 Å². The van der Waals surface area contributed by atoms with E-state index in [0.717, 1.165) is 0 Å². The molecule has 0 amide bonds. The smallest absolute Gasteiger partial charge is 0.261 e. The summed E-state index contributed by atoms with van der Waals surface area (Å²) in [7, 11) is -3.76. The van der Waals surface area contributed by atoms with E-state index in [4.69, 9.17) is 23.2 Å². The van der Waals surface area contributed by atoms with Gasteiger partial charge in [0.1, 0.15) is 0 Å². The summed E-state index contributed by atoms with van der Waals surface area (Å²) < 4.78 is 26.8. The standard InChI is InChI=1S/C14H11Cl2NO3S/c1-9(18)13-6-5-11(8-14(13)16)17-21(19,20)12-4-2-3-10(15)7-12/h2-8,17H,1H3. The van der Waals surface area contributed by atoms with Gasteiger partial charge < -0.3 is 0 Å². The Morgan fingerprint density at radius 2 is 1.81 bits per heavy atom. The maximum atomic E-state index is 12.2. The number of anilines is 1. The van der Waals surface area contributed by atoms with Gasteiger partial charge in [-0.25, -0.2) is 8.42 Å². The number of benzene rings is 2. The Kier molecular flexibility index (Phi) is 4.56. The molecule has 4 nitrogen and oxygen atoms in total. The average molecular weight is 344 g/mol. The maximum Gasteiger partial charge on any atom is 0.261 e. The molecule has 0 saturated carbocycles. The topological polar surface area (TPSA) is 63.2 Å². The second-order valence-corrected chi connectivity index (χ2v) is 6.84. The quantitative estimate of drug-likeness (QED) is 0.853. The van der Waals surface area contributed by atoms with E-state index in [-0.39, 0.29) is 21.4 Å². The first kappa shape index (κ1) is 15.8. The molecular weight excluding hydrogens is 333 g/mol. The highest BCUT2D eigenvalue weighted by Gasteiger charge is 2.15. The Morgan fingerprint density at radius 3 is 2.38 bits per heavy atom. The van der Waals surface area contributed by atoms with Crippen LogP contribution in [0.25, 0.3) is 0 Å². The number of halogens is 2. The number of ketones is 1. The largest absolute Gasteiger partial charge is 0.294 e. The van der Waals surface area contributed by atoms with Crippen molar-refractivity contribution in [3.8, 4) is 0 Å². The van der Waals surface area contributed by atoms with Crippen LogP contribution in [0.1, 0.15) is 17.3 Å². The average Bonchev–Trinajstić information content (AvgIpc) is 2.37. The second-order valence-electron chi connectivity index (χ2n) is 4.31. The zero-order valence-corrected chi connectivity index (χ0v) is 13.3. The first-order valence-corrected chi connectivity index (χ1v) is 8.12. The monoisotopic (exact) mass is 343 g/mol. The first-order valence-electron chi connectivity index (χ1n) is 5.88. The normalized spacial score (nSPS) is 11.2. The van der Waals surface area contributed by atoms with E-state index >= 15 is 0 Å². The molecule has 2 aromatic carbocycles. The minimum absolute atomic E-state index is 0.0433. The lowest BCUT2D eigenvalue weighted by molar-refractivity contribution is 0.101. The van der Waals surface area contributed by atoms with Crippen LogP contribution >= 0.6 is 23.2 Å². The van der Waals surface area contributed by atoms with Gasteiger partial charge in [-0.15, -0.1) is 0 Å². The van der Waals surface area contributed by atoms with E-state index in [1.54, 1.807) is 12.1 Å². The third-order valence-electron chi connectivity index (χ3n) is 2.71. The number of sulfonamides is 1. The molecule has 1 N–H and O–H groups in total. The molecule has 110 valence electrons. The van der Waals surface area contributed by atoms with Gasteiger partial charge in [-0.3, -0.25) is 9.52 Å². The van der Waals surface area contributed by atoms with Gasteiger partial charge >= 0.3 is 0 Å². The summed E-state index contributed by atoms with van der Waals surface area (Å²) in [6.45, 7) is 1.39. The van der Waals surface area contributed by atoms with Gasteiger partial charge in [-0.2, -0.15) is 0 Å². The van der Waals surface area contributed by atoms with Gasteiger partial charge in [0.2, 0.25) is 0 Å². The molecule has 2 rings (SSSR count). The van der Waals surface area contributed by atoms with Crippen LogP contribution in [0.5, 0.6) is 0 Å². The molecule has 0 saturated heterocycles. The number of Topliss-reactive ketones (excluding diaryl/α,β-unsaturated/α-hetero) is 1. The van der Waals surface area contributed by atoms with Gasteiger partial charge in [0.05, 0.1) is 15.6 Å². The molecule has 0 aliphatic heterocycles. The van der Waals surface area contributed by atoms with Crippen molar-refractivity contribution in [2.24, 2.45) is 0 Å². The molecule has 0 fully saturated rings. The van der Waals surface area contributed by atoms with Crippen LogP contribution in [0, 0.1) is 0 Å². The van der Waals surface area contributed by atoms with Crippen molar-refractivity contribution in [1.29, 1.82) is 0 Å². The Labute approximate surface area is 132 Å². The van der Waals surface area contributed by atoms with Crippen LogP contribution in [0.15, 0.2) is 47.4 Å². The van der Waals surface area contributed by atoms with Gasteiger partial charge in [0.25, 0.3) is 10.0 Å². The summed E-state index contributed by atoms with van der Waals surface area (Å²) in [5, 5.41) is 0.511. The van der Waals surface area contributed by atoms with Crippen LogP contribution < -0.4 is 4.72 Å². The fourth-order valence-corrected chi connectivity index (χ4v) is 3.38. The lowest BCUT2D eigenvalue weighted by atomic mass is 10.1. The van der Waals surface area contributed by atoms with Crippen LogP contribution in [0.4, 0.5) is 5.69 Å². The summed E-state index contributed by atoms with van der Waals surface area (Å²) >= 11 is 11.7. The molecule has 0 unspecified atom stereocenters. The number of hydrogen-bond acceptors (Lipinski definition) is 3. The minimum atomic E-state index is -3.76. The lowest BCUT2D eigenvalue weighted by Gasteiger charge is -2.09. The molecule has 0 spiro atoms. The fourth-order valence-electron chi connectivity index (χ4n) is 1.71. The Bertz CT molecular complexity index is 804. The number of carbonyl (C=O) groups excluding carboxylic acids is 1. The highest BCUT2D eigenvalue weighted by molar-refractivity contribution is 7.92. The van der Waals surface area contributed by atoms with Gasteiger partial charge in [0, 0.05) is 10.6 Å². The highest BCUT2D eigenvalue weighted by Crippen LogP contribution is 2.24. The molecule has 0 heterocycles. The minimum Gasteiger partial charge on any atom is -0.294 e. The zero-order chi connectivity index (χ0) is 15.6. The summed E-state index contributed by atoms with van der Waals surface area (Å²) in [5.74, 6) is -0.191. The Balaban J connectivity index is 2.33. The van der Waals surface area contributed by atoms with Crippen LogP contribution in [-0.2, 0) is 10.0 Å². The number of rotatable bonds is 4. The van der Waals surface area contributed by atoms with E-state index in [1.165, 1.54) is 37.3 Å². The highest BCUT2D eigenvalue weighted by atomic mass is 35.5. The summed E-state index contributed by atoms with van der Waals surface area (Å²) in [6, 6.07) is 10.2. The third kappa shape index (κ3) is 3.75. The molecule has 0 radical (unpaired) electrons. The molecular formula is C14H11Cl2NO3S. The van der Waals surface area contributed by atoms with Crippen LogP contribution in [0.3, 0.4) is 0 Å². The summed E-state index contributed by atoms with van der Waals surface area (Å²) in [5.41, 5.74) is 0.604. The third-order valence-corrected chi connectivity index (χ3v) is 4.63. The van der Waals surface area contributed by atoms with E-state index in [0.29, 0.717) is 10.6 Å². The number of nitrogens with one attached hydrogen (secondary N) is 1. The molecule has 21 heavy (non-hydrogen) atoms. The Morgan fingerprint density at radius 1 is 1.10 bits per heavy atom. The molecule has 0 aliphatic carbocycles. The molecule has 0 aliphatic rings. The summed E-state index contributed by atoms with van der Waals surface area (Å²) in [6.07, 6.45) is 0. The molecule has 7 heteroatoms. The van der Waals surface area contributed by atoms with Gasteiger partial charge in [0.15, 0.2) is 5.78 Å². The fraction of sp³-hybridized carbons (Fsp3) is 0.0714. The second kappa shape index (κ2) is 6.05.